The smallest absolute Gasteiger partial charge is 0.306 e. The molecule has 0 aromatic heterocycles. The highest BCUT2D eigenvalue weighted by atomic mass is 16.4. The Morgan fingerprint density at radius 1 is 1.38 bits per heavy atom. The summed E-state index contributed by atoms with van der Waals surface area (Å²) in [5, 5.41) is 8.81. The number of benzene rings is 1. The number of carboxylic acids is 1. The first kappa shape index (κ1) is 11.2. The lowest BCUT2D eigenvalue weighted by Crippen LogP contribution is -2.10. The number of hydrogen-bond acceptors (Lipinski definition) is 1. The first-order valence-electron chi connectivity index (χ1n) is 6.00. The maximum Gasteiger partial charge on any atom is 0.306 e. The molecular formula is C14H18O2. The lowest BCUT2D eigenvalue weighted by molar-refractivity contribution is -0.141. The van der Waals surface area contributed by atoms with E-state index in [0.29, 0.717) is 0 Å². The number of carboxylic acid groups (broad SMARTS) is 1. The molecule has 1 unspecified atom stereocenters. The molecule has 0 saturated carbocycles. The molecule has 1 N–H and O–H groups in total. The standard InChI is InChI=1S/C14H18O2/c1-10(14(15)16)5-6-11-7-8-12-3-2-4-13(12)9-11/h7-10H,2-6H2,1H3,(H,15,16). The molecule has 0 fully saturated rings. The van der Waals surface area contributed by atoms with Crippen molar-refractivity contribution in [2.45, 2.75) is 39.0 Å². The Morgan fingerprint density at radius 3 is 2.88 bits per heavy atom. The molecule has 16 heavy (non-hydrogen) atoms. The third-order valence-electron chi connectivity index (χ3n) is 3.45. The zero-order valence-electron chi connectivity index (χ0n) is 9.70. The number of hydrogen-bond donors (Lipinski definition) is 1. The van der Waals surface area contributed by atoms with E-state index in [2.05, 4.69) is 18.2 Å². The van der Waals surface area contributed by atoms with Gasteiger partial charge in [-0.1, -0.05) is 25.1 Å². The van der Waals surface area contributed by atoms with E-state index in [0.717, 1.165) is 12.8 Å². The van der Waals surface area contributed by atoms with Crippen LogP contribution in [0.2, 0.25) is 0 Å². The summed E-state index contributed by atoms with van der Waals surface area (Å²) in [4.78, 5) is 10.7. The summed E-state index contributed by atoms with van der Waals surface area (Å²) >= 11 is 0. The summed E-state index contributed by atoms with van der Waals surface area (Å²) in [6, 6.07) is 6.62. The summed E-state index contributed by atoms with van der Waals surface area (Å²) < 4.78 is 0. The molecular weight excluding hydrogens is 200 g/mol. The molecule has 2 nitrogen and oxygen atoms in total. The molecule has 1 aliphatic carbocycles. The molecule has 1 aromatic rings. The van der Waals surface area contributed by atoms with Crippen LogP contribution in [0.25, 0.3) is 0 Å². The molecule has 0 heterocycles. The van der Waals surface area contributed by atoms with Gasteiger partial charge in [0.2, 0.25) is 0 Å². The average Bonchev–Trinajstić information content (AvgIpc) is 2.72. The fraction of sp³-hybridized carbons (Fsp3) is 0.500. The van der Waals surface area contributed by atoms with E-state index in [-0.39, 0.29) is 5.92 Å². The van der Waals surface area contributed by atoms with E-state index >= 15 is 0 Å². The van der Waals surface area contributed by atoms with Crippen LogP contribution >= 0.6 is 0 Å². The molecule has 0 spiro atoms. The van der Waals surface area contributed by atoms with Crippen LogP contribution in [0.5, 0.6) is 0 Å². The van der Waals surface area contributed by atoms with Crippen molar-refractivity contribution in [3.05, 3.63) is 34.9 Å². The minimum Gasteiger partial charge on any atom is -0.481 e. The quantitative estimate of drug-likeness (QED) is 0.843. The van der Waals surface area contributed by atoms with Gasteiger partial charge in [0, 0.05) is 0 Å². The molecule has 0 radical (unpaired) electrons. The van der Waals surface area contributed by atoms with Crippen LogP contribution < -0.4 is 0 Å². The van der Waals surface area contributed by atoms with Gasteiger partial charge < -0.3 is 5.11 Å². The number of aliphatic carboxylic acids is 1. The van der Waals surface area contributed by atoms with Gasteiger partial charge in [-0.15, -0.1) is 0 Å². The summed E-state index contributed by atoms with van der Waals surface area (Å²) in [6.07, 6.45) is 5.28. The summed E-state index contributed by atoms with van der Waals surface area (Å²) in [5.74, 6) is -0.936. The topological polar surface area (TPSA) is 37.3 Å². The van der Waals surface area contributed by atoms with Crippen LogP contribution in [0.15, 0.2) is 18.2 Å². The zero-order valence-corrected chi connectivity index (χ0v) is 9.70. The molecule has 1 aromatic carbocycles. The highest BCUT2D eigenvalue weighted by Gasteiger charge is 2.13. The third-order valence-corrected chi connectivity index (χ3v) is 3.45. The van der Waals surface area contributed by atoms with Crippen molar-refractivity contribution < 1.29 is 9.90 Å². The molecule has 2 rings (SSSR count). The Bertz CT molecular complexity index is 396. The van der Waals surface area contributed by atoms with E-state index in [1.54, 1.807) is 6.92 Å². The van der Waals surface area contributed by atoms with Gasteiger partial charge in [-0.25, -0.2) is 0 Å². The minimum absolute atomic E-state index is 0.242. The second kappa shape index (κ2) is 4.69. The Labute approximate surface area is 96.3 Å². The zero-order chi connectivity index (χ0) is 11.5. The van der Waals surface area contributed by atoms with Crippen LogP contribution in [-0.2, 0) is 24.1 Å². The van der Waals surface area contributed by atoms with Crippen LogP contribution in [0.1, 0.15) is 36.5 Å². The highest BCUT2D eigenvalue weighted by molar-refractivity contribution is 5.69. The fourth-order valence-electron chi connectivity index (χ4n) is 2.29. The first-order chi connectivity index (χ1) is 7.66. The molecule has 2 heteroatoms. The normalized spacial score (nSPS) is 15.8. The van der Waals surface area contributed by atoms with Crippen molar-refractivity contribution in [1.29, 1.82) is 0 Å². The average molecular weight is 218 g/mol. The van der Waals surface area contributed by atoms with Crippen LogP contribution in [0, 0.1) is 5.92 Å². The van der Waals surface area contributed by atoms with Gasteiger partial charge in [0.15, 0.2) is 0 Å². The molecule has 1 atom stereocenters. The van der Waals surface area contributed by atoms with E-state index in [9.17, 15) is 4.79 Å². The van der Waals surface area contributed by atoms with Gasteiger partial charge in [0.25, 0.3) is 0 Å². The molecule has 0 saturated heterocycles. The lowest BCUT2D eigenvalue weighted by Gasteiger charge is -2.07. The van der Waals surface area contributed by atoms with E-state index in [1.165, 1.54) is 36.0 Å². The molecule has 0 bridgehead atoms. The van der Waals surface area contributed by atoms with Crippen molar-refractivity contribution in [1.82, 2.24) is 0 Å². The maximum absolute atomic E-state index is 10.7. The van der Waals surface area contributed by atoms with E-state index in [4.69, 9.17) is 5.11 Å². The van der Waals surface area contributed by atoms with Gasteiger partial charge in [0.1, 0.15) is 0 Å². The first-order valence-corrected chi connectivity index (χ1v) is 6.00. The second-order valence-corrected chi connectivity index (χ2v) is 4.73. The Balaban J connectivity index is 1.98. The van der Waals surface area contributed by atoms with Crippen LogP contribution in [0.3, 0.4) is 0 Å². The SMILES string of the molecule is CC(CCc1ccc2c(c1)CCC2)C(=O)O. The van der Waals surface area contributed by atoms with Gasteiger partial charge in [0.05, 0.1) is 5.92 Å². The van der Waals surface area contributed by atoms with Crippen molar-refractivity contribution >= 4 is 5.97 Å². The fourth-order valence-corrected chi connectivity index (χ4v) is 2.29. The molecule has 86 valence electrons. The molecule has 0 aliphatic heterocycles. The van der Waals surface area contributed by atoms with Gasteiger partial charge in [-0.05, 0) is 48.8 Å². The minimum atomic E-state index is -0.693. The van der Waals surface area contributed by atoms with Crippen LogP contribution in [-0.4, -0.2) is 11.1 Å². The number of aryl methyl sites for hydroxylation is 3. The van der Waals surface area contributed by atoms with Crippen molar-refractivity contribution in [2.24, 2.45) is 5.92 Å². The number of carbonyl (C=O) groups is 1. The summed E-state index contributed by atoms with van der Waals surface area (Å²) in [7, 11) is 0. The largest absolute Gasteiger partial charge is 0.481 e. The van der Waals surface area contributed by atoms with Gasteiger partial charge >= 0.3 is 5.97 Å². The van der Waals surface area contributed by atoms with Crippen molar-refractivity contribution in [3.63, 3.8) is 0 Å². The lowest BCUT2D eigenvalue weighted by atomic mass is 9.98. The summed E-state index contributed by atoms with van der Waals surface area (Å²) in [5.41, 5.74) is 4.24. The number of rotatable bonds is 4. The molecule has 0 amide bonds. The number of fused-ring (bicyclic) bond motifs is 1. The van der Waals surface area contributed by atoms with Gasteiger partial charge in [-0.2, -0.15) is 0 Å². The van der Waals surface area contributed by atoms with Crippen molar-refractivity contribution in [3.8, 4) is 0 Å². The Hall–Kier alpha value is -1.31. The Morgan fingerprint density at radius 2 is 2.12 bits per heavy atom. The predicted octanol–water partition coefficient (Wildman–Crippen LogP) is 2.83. The molecule has 1 aliphatic rings. The maximum atomic E-state index is 10.7. The monoisotopic (exact) mass is 218 g/mol. The van der Waals surface area contributed by atoms with E-state index < -0.39 is 5.97 Å². The Kier molecular flexibility index (Phi) is 3.28. The second-order valence-electron chi connectivity index (χ2n) is 4.73. The third kappa shape index (κ3) is 2.43. The van der Waals surface area contributed by atoms with Gasteiger partial charge in [-0.3, -0.25) is 4.79 Å². The highest BCUT2D eigenvalue weighted by Crippen LogP contribution is 2.23. The van der Waals surface area contributed by atoms with Crippen molar-refractivity contribution in [2.75, 3.05) is 0 Å². The predicted molar refractivity (Wildman–Crippen MR) is 63.6 cm³/mol. The summed E-state index contributed by atoms with van der Waals surface area (Å²) in [6.45, 7) is 1.77. The van der Waals surface area contributed by atoms with E-state index in [1.807, 2.05) is 0 Å². The van der Waals surface area contributed by atoms with Crippen LogP contribution in [0.4, 0.5) is 0 Å².